The number of terminal acetylenes is 1. The van der Waals surface area contributed by atoms with E-state index in [0.29, 0.717) is 0 Å². The van der Waals surface area contributed by atoms with Crippen LogP contribution in [-0.4, -0.2) is 0 Å². The van der Waals surface area contributed by atoms with Crippen LogP contribution in [-0.2, 0) is 6.42 Å². The van der Waals surface area contributed by atoms with Gasteiger partial charge >= 0.3 is 0 Å². The quantitative estimate of drug-likeness (QED) is 0.537. The van der Waals surface area contributed by atoms with Crippen molar-refractivity contribution in [2.45, 2.75) is 19.8 Å². The maximum atomic E-state index is 5.50. The third-order valence-electron chi connectivity index (χ3n) is 3.06. The molecule has 0 bridgehead atoms. The van der Waals surface area contributed by atoms with Crippen molar-refractivity contribution in [3.8, 4) is 12.3 Å². The highest BCUT2D eigenvalue weighted by atomic mass is 14.0. The molecular formula is C19H18. The van der Waals surface area contributed by atoms with E-state index in [1.807, 2.05) is 24.3 Å². The smallest absolute Gasteiger partial charge is 0.0315 e. The van der Waals surface area contributed by atoms with E-state index in [2.05, 4.69) is 49.3 Å². The van der Waals surface area contributed by atoms with E-state index < -0.39 is 0 Å². The maximum Gasteiger partial charge on any atom is 0.0315 e. The van der Waals surface area contributed by atoms with Gasteiger partial charge < -0.3 is 0 Å². The van der Waals surface area contributed by atoms with Crippen LogP contribution >= 0.6 is 0 Å². The Bertz CT molecular complexity index is 612. The minimum Gasteiger partial charge on any atom is -0.115 e. The fourth-order valence-corrected chi connectivity index (χ4v) is 2.10. The van der Waals surface area contributed by atoms with Crippen molar-refractivity contribution in [1.82, 2.24) is 0 Å². The molecule has 0 heterocycles. The second-order valence-electron chi connectivity index (χ2n) is 4.56. The van der Waals surface area contributed by atoms with Crippen molar-refractivity contribution < 1.29 is 0 Å². The Morgan fingerprint density at radius 1 is 1.05 bits per heavy atom. The second kappa shape index (κ2) is 6.61. The zero-order valence-electron chi connectivity index (χ0n) is 11.3. The molecule has 2 aromatic carbocycles. The zero-order valence-corrected chi connectivity index (χ0v) is 11.3. The van der Waals surface area contributed by atoms with Crippen molar-refractivity contribution in [3.63, 3.8) is 0 Å². The molecule has 0 N–H and O–H groups in total. The van der Waals surface area contributed by atoms with Gasteiger partial charge in [-0.05, 0) is 29.2 Å². The number of rotatable bonds is 4. The molecule has 0 saturated carbocycles. The molecule has 0 aliphatic carbocycles. The Balaban J connectivity index is 2.23. The standard InChI is InChI=1S/C19H18/c1-3-8-16-9-7-10-17(15-16)13-14-19-12-6-5-11-18(19)4-2/h2,5-7,9-15H,3,8H2,1H3/b14-13+. The highest BCUT2D eigenvalue weighted by Gasteiger charge is 1.95. The predicted octanol–water partition coefficient (Wildman–Crippen LogP) is 4.79. The van der Waals surface area contributed by atoms with E-state index in [9.17, 15) is 0 Å². The molecule has 0 amide bonds. The van der Waals surface area contributed by atoms with Crippen LogP contribution in [0.2, 0.25) is 0 Å². The minimum atomic E-state index is 0.934. The zero-order chi connectivity index (χ0) is 13.5. The summed E-state index contributed by atoms with van der Waals surface area (Å²) in [4.78, 5) is 0. The van der Waals surface area contributed by atoms with Crippen LogP contribution < -0.4 is 0 Å². The molecule has 0 saturated heterocycles. The molecule has 0 fully saturated rings. The lowest BCUT2D eigenvalue weighted by atomic mass is 10.0. The largest absolute Gasteiger partial charge is 0.115 e. The van der Waals surface area contributed by atoms with Crippen LogP contribution in [0.1, 0.15) is 35.6 Å². The lowest BCUT2D eigenvalue weighted by Gasteiger charge is -2.01. The molecule has 19 heavy (non-hydrogen) atoms. The van der Waals surface area contributed by atoms with Crippen LogP contribution in [0.25, 0.3) is 12.2 Å². The molecule has 0 radical (unpaired) electrons. The molecular weight excluding hydrogens is 228 g/mol. The van der Waals surface area contributed by atoms with E-state index in [4.69, 9.17) is 6.42 Å². The van der Waals surface area contributed by atoms with Crippen LogP contribution in [0.5, 0.6) is 0 Å². The van der Waals surface area contributed by atoms with Gasteiger partial charge in [0.1, 0.15) is 0 Å². The molecule has 0 aliphatic rings. The van der Waals surface area contributed by atoms with Gasteiger partial charge in [0.25, 0.3) is 0 Å². The third kappa shape index (κ3) is 3.60. The van der Waals surface area contributed by atoms with Gasteiger partial charge in [0, 0.05) is 5.56 Å². The molecule has 2 rings (SSSR count). The Labute approximate surface area is 115 Å². The van der Waals surface area contributed by atoms with Gasteiger partial charge in [-0.1, -0.05) is 73.9 Å². The first kappa shape index (κ1) is 13.2. The topological polar surface area (TPSA) is 0 Å². The fraction of sp³-hybridized carbons (Fsp3) is 0.158. The Kier molecular flexibility index (Phi) is 4.59. The Morgan fingerprint density at radius 2 is 1.89 bits per heavy atom. The summed E-state index contributed by atoms with van der Waals surface area (Å²) >= 11 is 0. The maximum absolute atomic E-state index is 5.50. The first-order chi connectivity index (χ1) is 9.33. The lowest BCUT2D eigenvalue weighted by molar-refractivity contribution is 0.921. The SMILES string of the molecule is C#Cc1ccccc1/C=C/c1cccc(CCC)c1. The van der Waals surface area contributed by atoms with Crippen LogP contribution in [0.15, 0.2) is 48.5 Å². The first-order valence-corrected chi connectivity index (χ1v) is 6.66. The minimum absolute atomic E-state index is 0.934. The van der Waals surface area contributed by atoms with Gasteiger partial charge in [-0.2, -0.15) is 0 Å². The van der Waals surface area contributed by atoms with Crippen molar-refractivity contribution in [1.29, 1.82) is 0 Å². The molecule has 0 heteroatoms. The summed E-state index contributed by atoms with van der Waals surface area (Å²) in [6.45, 7) is 2.20. The van der Waals surface area contributed by atoms with E-state index in [1.165, 1.54) is 17.5 Å². The number of hydrogen-bond donors (Lipinski definition) is 0. The summed E-state index contributed by atoms with van der Waals surface area (Å²) in [5.74, 6) is 2.71. The Hall–Kier alpha value is -2.26. The van der Waals surface area contributed by atoms with Gasteiger partial charge in [0.15, 0.2) is 0 Å². The molecule has 0 unspecified atom stereocenters. The highest BCUT2D eigenvalue weighted by Crippen LogP contribution is 2.14. The first-order valence-electron chi connectivity index (χ1n) is 6.66. The number of aryl methyl sites for hydroxylation is 1. The van der Waals surface area contributed by atoms with Crippen molar-refractivity contribution in [2.75, 3.05) is 0 Å². The van der Waals surface area contributed by atoms with E-state index in [0.717, 1.165) is 17.5 Å². The monoisotopic (exact) mass is 246 g/mol. The average Bonchev–Trinajstić information content (AvgIpc) is 2.46. The molecule has 2 aromatic rings. The van der Waals surface area contributed by atoms with E-state index in [1.54, 1.807) is 0 Å². The predicted molar refractivity (Wildman–Crippen MR) is 83.7 cm³/mol. The molecule has 0 aliphatic heterocycles. The van der Waals surface area contributed by atoms with E-state index in [-0.39, 0.29) is 0 Å². The summed E-state index contributed by atoms with van der Waals surface area (Å²) in [7, 11) is 0. The third-order valence-corrected chi connectivity index (χ3v) is 3.06. The van der Waals surface area contributed by atoms with Crippen LogP contribution in [0.4, 0.5) is 0 Å². The van der Waals surface area contributed by atoms with Crippen LogP contribution in [0, 0.1) is 12.3 Å². The van der Waals surface area contributed by atoms with Crippen molar-refractivity contribution in [2.24, 2.45) is 0 Å². The van der Waals surface area contributed by atoms with Gasteiger partial charge in [0.05, 0.1) is 0 Å². The van der Waals surface area contributed by atoms with Gasteiger partial charge in [-0.3, -0.25) is 0 Å². The van der Waals surface area contributed by atoms with Crippen molar-refractivity contribution >= 4 is 12.2 Å². The second-order valence-corrected chi connectivity index (χ2v) is 4.56. The van der Waals surface area contributed by atoms with Gasteiger partial charge in [0.2, 0.25) is 0 Å². The normalized spacial score (nSPS) is 10.5. The molecule has 94 valence electrons. The molecule has 0 spiro atoms. The summed E-state index contributed by atoms with van der Waals surface area (Å²) in [5.41, 5.74) is 4.63. The van der Waals surface area contributed by atoms with Gasteiger partial charge in [-0.25, -0.2) is 0 Å². The van der Waals surface area contributed by atoms with Crippen molar-refractivity contribution in [3.05, 3.63) is 70.8 Å². The molecule has 0 atom stereocenters. The van der Waals surface area contributed by atoms with E-state index >= 15 is 0 Å². The fourth-order valence-electron chi connectivity index (χ4n) is 2.10. The van der Waals surface area contributed by atoms with Crippen LogP contribution in [0.3, 0.4) is 0 Å². The summed E-state index contributed by atoms with van der Waals surface area (Å²) in [6, 6.07) is 16.6. The summed E-state index contributed by atoms with van der Waals surface area (Å²) in [5, 5.41) is 0. The Morgan fingerprint density at radius 3 is 2.68 bits per heavy atom. The average molecular weight is 246 g/mol. The number of benzene rings is 2. The molecule has 0 aromatic heterocycles. The summed E-state index contributed by atoms with van der Waals surface area (Å²) in [6.07, 6.45) is 12.0. The lowest BCUT2D eigenvalue weighted by Crippen LogP contribution is -1.84. The number of hydrogen-bond acceptors (Lipinski definition) is 0. The summed E-state index contributed by atoms with van der Waals surface area (Å²) < 4.78 is 0. The highest BCUT2D eigenvalue weighted by molar-refractivity contribution is 5.72. The van der Waals surface area contributed by atoms with Gasteiger partial charge in [-0.15, -0.1) is 6.42 Å². The molecule has 0 nitrogen and oxygen atoms in total.